The molecule has 0 unspecified atom stereocenters. The van der Waals surface area contributed by atoms with E-state index in [2.05, 4.69) is 0 Å². The third-order valence-electron chi connectivity index (χ3n) is 3.26. The third kappa shape index (κ3) is 0.891. The molecule has 12 heavy (non-hydrogen) atoms. The van der Waals surface area contributed by atoms with Gasteiger partial charge >= 0.3 is 5.97 Å². The van der Waals surface area contributed by atoms with E-state index in [0.717, 1.165) is 32.5 Å². The van der Waals surface area contributed by atoms with Gasteiger partial charge in [-0.1, -0.05) is 6.42 Å². The van der Waals surface area contributed by atoms with Crippen LogP contribution in [0.1, 0.15) is 19.3 Å². The summed E-state index contributed by atoms with van der Waals surface area (Å²) in [4.78, 5) is 11.5. The zero-order valence-electron chi connectivity index (χ0n) is 7.34. The molecule has 0 bridgehead atoms. The van der Waals surface area contributed by atoms with Crippen molar-refractivity contribution in [1.29, 1.82) is 0 Å². The first-order valence-electron chi connectivity index (χ1n) is 4.46. The van der Waals surface area contributed by atoms with Crippen LogP contribution in [0.5, 0.6) is 0 Å². The molecule has 0 spiro atoms. The Morgan fingerprint density at radius 2 is 2.17 bits per heavy atom. The van der Waals surface area contributed by atoms with E-state index in [1.807, 2.05) is 0 Å². The fourth-order valence-corrected chi connectivity index (χ4v) is 2.09. The van der Waals surface area contributed by atoms with Crippen LogP contribution in [-0.4, -0.2) is 26.3 Å². The molecule has 2 fully saturated rings. The first-order chi connectivity index (χ1) is 5.79. The van der Waals surface area contributed by atoms with Gasteiger partial charge in [0.2, 0.25) is 0 Å². The SMILES string of the molecule is COC(=O)C1(C2COC2)CCC1. The molecule has 68 valence electrons. The Hall–Kier alpha value is -0.570. The lowest BCUT2D eigenvalue weighted by atomic mass is 9.60. The molecular weight excluding hydrogens is 156 g/mol. The van der Waals surface area contributed by atoms with Crippen LogP contribution in [0.3, 0.4) is 0 Å². The number of ether oxygens (including phenoxy) is 2. The Bertz CT molecular complexity index is 192. The van der Waals surface area contributed by atoms with Crippen LogP contribution in [-0.2, 0) is 14.3 Å². The summed E-state index contributed by atoms with van der Waals surface area (Å²) >= 11 is 0. The standard InChI is InChI=1S/C9H14O3/c1-11-8(10)9(3-2-4-9)7-5-12-6-7/h7H,2-6H2,1H3. The summed E-state index contributed by atoms with van der Waals surface area (Å²) in [5.74, 6) is 0.403. The van der Waals surface area contributed by atoms with E-state index in [0.29, 0.717) is 5.92 Å². The minimum atomic E-state index is -0.160. The van der Waals surface area contributed by atoms with Gasteiger partial charge in [-0.25, -0.2) is 0 Å². The Labute approximate surface area is 72.0 Å². The summed E-state index contributed by atoms with van der Waals surface area (Å²) in [6, 6.07) is 0. The predicted octanol–water partition coefficient (Wildman–Crippen LogP) is 0.976. The van der Waals surface area contributed by atoms with Crippen LogP contribution in [0, 0.1) is 11.3 Å². The Morgan fingerprint density at radius 1 is 1.50 bits per heavy atom. The molecular formula is C9H14O3. The molecule has 0 N–H and O–H groups in total. The number of hydrogen-bond acceptors (Lipinski definition) is 3. The number of carbonyl (C=O) groups is 1. The molecule has 1 saturated heterocycles. The molecule has 3 nitrogen and oxygen atoms in total. The van der Waals surface area contributed by atoms with Crippen LogP contribution >= 0.6 is 0 Å². The summed E-state index contributed by atoms with van der Waals surface area (Å²) in [5.41, 5.74) is -0.160. The Kier molecular flexibility index (Phi) is 1.83. The summed E-state index contributed by atoms with van der Waals surface area (Å²) in [7, 11) is 1.47. The van der Waals surface area contributed by atoms with E-state index < -0.39 is 0 Å². The summed E-state index contributed by atoms with van der Waals surface area (Å²) in [6.07, 6.45) is 3.15. The smallest absolute Gasteiger partial charge is 0.312 e. The molecule has 0 radical (unpaired) electrons. The van der Waals surface area contributed by atoms with Crippen molar-refractivity contribution >= 4 is 5.97 Å². The molecule has 2 rings (SSSR count). The van der Waals surface area contributed by atoms with Crippen molar-refractivity contribution in [2.75, 3.05) is 20.3 Å². The second-order valence-electron chi connectivity index (χ2n) is 3.74. The van der Waals surface area contributed by atoms with Crippen molar-refractivity contribution in [3.8, 4) is 0 Å². The number of rotatable bonds is 2. The van der Waals surface area contributed by atoms with Crippen LogP contribution < -0.4 is 0 Å². The molecule has 0 aromatic heterocycles. The van der Waals surface area contributed by atoms with Gasteiger partial charge in [-0.2, -0.15) is 0 Å². The Morgan fingerprint density at radius 3 is 2.42 bits per heavy atom. The van der Waals surface area contributed by atoms with Crippen molar-refractivity contribution < 1.29 is 14.3 Å². The second kappa shape index (κ2) is 2.73. The van der Waals surface area contributed by atoms with Crippen LogP contribution in [0.4, 0.5) is 0 Å². The van der Waals surface area contributed by atoms with Gasteiger partial charge < -0.3 is 9.47 Å². The topological polar surface area (TPSA) is 35.5 Å². The number of carbonyl (C=O) groups excluding carboxylic acids is 1. The van der Waals surface area contributed by atoms with Gasteiger partial charge in [0.25, 0.3) is 0 Å². The number of methoxy groups -OCH3 is 1. The highest BCUT2D eigenvalue weighted by Crippen LogP contribution is 2.50. The van der Waals surface area contributed by atoms with E-state index in [9.17, 15) is 4.79 Å². The highest BCUT2D eigenvalue weighted by Gasteiger charge is 2.53. The van der Waals surface area contributed by atoms with E-state index >= 15 is 0 Å². The van der Waals surface area contributed by atoms with Crippen molar-refractivity contribution in [1.82, 2.24) is 0 Å². The molecule has 3 heteroatoms. The van der Waals surface area contributed by atoms with E-state index in [-0.39, 0.29) is 11.4 Å². The molecule has 1 aliphatic heterocycles. The van der Waals surface area contributed by atoms with Crippen molar-refractivity contribution in [3.63, 3.8) is 0 Å². The van der Waals surface area contributed by atoms with Gasteiger partial charge in [-0.3, -0.25) is 4.79 Å². The van der Waals surface area contributed by atoms with Crippen LogP contribution in [0.2, 0.25) is 0 Å². The van der Waals surface area contributed by atoms with Gasteiger partial charge in [-0.05, 0) is 12.8 Å². The number of esters is 1. The average molecular weight is 170 g/mol. The lowest BCUT2D eigenvalue weighted by molar-refractivity contribution is -0.183. The molecule has 0 aromatic rings. The molecule has 1 saturated carbocycles. The van der Waals surface area contributed by atoms with Crippen LogP contribution in [0.15, 0.2) is 0 Å². The zero-order chi connectivity index (χ0) is 8.60. The summed E-state index contributed by atoms with van der Waals surface area (Å²) in [5, 5.41) is 0. The Balaban J connectivity index is 2.07. The van der Waals surface area contributed by atoms with Gasteiger partial charge in [0.15, 0.2) is 0 Å². The monoisotopic (exact) mass is 170 g/mol. The average Bonchev–Trinajstić information content (AvgIpc) is 1.91. The van der Waals surface area contributed by atoms with Gasteiger partial charge in [0, 0.05) is 5.92 Å². The normalized spacial score (nSPS) is 27.1. The molecule has 2 aliphatic rings. The fraction of sp³-hybridized carbons (Fsp3) is 0.889. The number of hydrogen-bond donors (Lipinski definition) is 0. The molecule has 1 heterocycles. The third-order valence-corrected chi connectivity index (χ3v) is 3.26. The van der Waals surface area contributed by atoms with Crippen molar-refractivity contribution in [2.24, 2.45) is 11.3 Å². The predicted molar refractivity (Wildman–Crippen MR) is 42.6 cm³/mol. The quantitative estimate of drug-likeness (QED) is 0.579. The summed E-state index contributed by atoms with van der Waals surface area (Å²) < 4.78 is 9.92. The zero-order valence-corrected chi connectivity index (χ0v) is 7.34. The molecule has 0 atom stereocenters. The van der Waals surface area contributed by atoms with Gasteiger partial charge in [0.05, 0.1) is 25.7 Å². The van der Waals surface area contributed by atoms with E-state index in [1.54, 1.807) is 0 Å². The second-order valence-corrected chi connectivity index (χ2v) is 3.74. The highest BCUT2D eigenvalue weighted by molar-refractivity contribution is 5.78. The molecule has 0 aromatic carbocycles. The van der Waals surface area contributed by atoms with Gasteiger partial charge in [-0.15, -0.1) is 0 Å². The van der Waals surface area contributed by atoms with Crippen LogP contribution in [0.25, 0.3) is 0 Å². The maximum atomic E-state index is 11.5. The first-order valence-corrected chi connectivity index (χ1v) is 4.46. The minimum absolute atomic E-state index is 0.0259. The van der Waals surface area contributed by atoms with E-state index in [1.165, 1.54) is 7.11 Å². The molecule has 0 amide bonds. The van der Waals surface area contributed by atoms with Crippen molar-refractivity contribution in [2.45, 2.75) is 19.3 Å². The highest BCUT2D eigenvalue weighted by atomic mass is 16.5. The lowest BCUT2D eigenvalue weighted by Gasteiger charge is -2.48. The fourth-order valence-electron chi connectivity index (χ4n) is 2.09. The maximum absolute atomic E-state index is 11.5. The van der Waals surface area contributed by atoms with Crippen molar-refractivity contribution in [3.05, 3.63) is 0 Å². The van der Waals surface area contributed by atoms with Gasteiger partial charge in [0.1, 0.15) is 0 Å². The first kappa shape index (κ1) is 8.05. The lowest BCUT2D eigenvalue weighted by Crippen LogP contribution is -2.52. The molecule has 1 aliphatic carbocycles. The van der Waals surface area contributed by atoms with E-state index in [4.69, 9.17) is 9.47 Å². The summed E-state index contributed by atoms with van der Waals surface area (Å²) in [6.45, 7) is 1.49. The largest absolute Gasteiger partial charge is 0.469 e. The minimum Gasteiger partial charge on any atom is -0.469 e. The maximum Gasteiger partial charge on any atom is 0.312 e.